The van der Waals surface area contributed by atoms with E-state index in [1.54, 1.807) is 42.5 Å². The summed E-state index contributed by atoms with van der Waals surface area (Å²) in [5, 5.41) is 0. The fourth-order valence-electron chi connectivity index (χ4n) is 2.20. The maximum atomic E-state index is 12.7. The molecule has 2 rings (SSSR count). The van der Waals surface area contributed by atoms with Crippen LogP contribution in [0.1, 0.15) is 11.5 Å². The Hall–Kier alpha value is -2.60. The number of rotatable bonds is 5. The Bertz CT molecular complexity index is 640. The normalized spacial score (nSPS) is 16.0. The summed E-state index contributed by atoms with van der Waals surface area (Å²) in [6.07, 6.45) is 2.63. The molecule has 1 aliphatic rings. The summed E-state index contributed by atoms with van der Waals surface area (Å²) in [5.74, 6) is -2.72. The minimum absolute atomic E-state index is 0.269. The van der Waals surface area contributed by atoms with E-state index in [2.05, 4.69) is 9.53 Å². The molecule has 23 heavy (non-hydrogen) atoms. The van der Waals surface area contributed by atoms with Gasteiger partial charge in [0.2, 0.25) is 0 Å². The largest absolute Gasteiger partial charge is 0.460 e. The van der Waals surface area contributed by atoms with Crippen LogP contribution in [0.3, 0.4) is 0 Å². The molecule has 1 atom stereocenters. The lowest BCUT2D eigenvalue weighted by molar-refractivity contribution is -0.153. The molecule has 0 radical (unpaired) electrons. The van der Waals surface area contributed by atoms with Crippen LogP contribution in [0.15, 0.2) is 42.5 Å². The molecule has 1 unspecified atom stereocenters. The molecule has 7 nitrogen and oxygen atoms in total. The second kappa shape index (κ2) is 8.14. The molecule has 0 amide bonds. The zero-order valence-corrected chi connectivity index (χ0v) is 12.5. The molecule has 0 spiro atoms. The van der Waals surface area contributed by atoms with E-state index in [4.69, 9.17) is 15.0 Å². The maximum Gasteiger partial charge on any atom is 0.442 e. The van der Waals surface area contributed by atoms with E-state index < -0.39 is 29.7 Å². The summed E-state index contributed by atoms with van der Waals surface area (Å²) in [6, 6.07) is 8.71. The van der Waals surface area contributed by atoms with Crippen molar-refractivity contribution in [3.63, 3.8) is 0 Å². The molecule has 120 valence electrons. The summed E-state index contributed by atoms with van der Waals surface area (Å²) in [7, 11) is 1.10. The predicted octanol–water partition coefficient (Wildman–Crippen LogP) is 1.11. The average molecular weight is 316 g/mol. The zero-order chi connectivity index (χ0) is 16.7. The van der Waals surface area contributed by atoms with Crippen molar-refractivity contribution in [2.24, 2.45) is 0 Å². The summed E-state index contributed by atoms with van der Waals surface area (Å²) in [4.78, 5) is 27.1. The van der Waals surface area contributed by atoms with Gasteiger partial charge in [0.15, 0.2) is 6.29 Å². The SMILES string of the molecule is COC(=O)C(=[N+]=[N-])C(=O)C(c1ccccc1)C1OCC=CCO1. The molecular formula is C16H16N2O5. The summed E-state index contributed by atoms with van der Waals surface area (Å²) >= 11 is 0. The molecule has 0 bridgehead atoms. The highest BCUT2D eigenvalue weighted by molar-refractivity contribution is 6.63. The Morgan fingerprint density at radius 3 is 2.35 bits per heavy atom. The Kier molecular flexibility index (Phi) is 5.94. The number of carbonyl (C=O) groups excluding carboxylic acids is 2. The molecule has 0 aromatic heterocycles. The maximum absolute atomic E-state index is 12.7. The van der Waals surface area contributed by atoms with Crippen LogP contribution in [0.4, 0.5) is 0 Å². The molecule has 0 saturated carbocycles. The van der Waals surface area contributed by atoms with Gasteiger partial charge in [-0.1, -0.05) is 42.5 Å². The Morgan fingerprint density at radius 2 is 1.83 bits per heavy atom. The second-order valence-corrected chi connectivity index (χ2v) is 4.70. The first-order valence-corrected chi connectivity index (χ1v) is 6.96. The molecule has 1 aliphatic heterocycles. The molecular weight excluding hydrogens is 300 g/mol. The van der Waals surface area contributed by atoms with Crippen molar-refractivity contribution >= 4 is 17.5 Å². The van der Waals surface area contributed by atoms with E-state index in [1.165, 1.54) is 0 Å². The number of ketones is 1. The van der Waals surface area contributed by atoms with Crippen LogP contribution in [-0.2, 0) is 23.8 Å². The zero-order valence-electron chi connectivity index (χ0n) is 12.5. The molecule has 1 aromatic rings. The highest BCUT2D eigenvalue weighted by atomic mass is 16.7. The first kappa shape index (κ1) is 16.8. The predicted molar refractivity (Wildman–Crippen MR) is 79.7 cm³/mol. The summed E-state index contributed by atoms with van der Waals surface area (Å²) in [5.41, 5.74) is 8.90. The molecule has 1 heterocycles. The van der Waals surface area contributed by atoms with Crippen LogP contribution in [0.2, 0.25) is 0 Å². The smallest absolute Gasteiger partial charge is 0.442 e. The van der Waals surface area contributed by atoms with Gasteiger partial charge in [-0.05, 0) is 5.56 Å². The van der Waals surface area contributed by atoms with Gasteiger partial charge in [0, 0.05) is 0 Å². The van der Waals surface area contributed by atoms with Gasteiger partial charge in [0.05, 0.1) is 20.3 Å². The van der Waals surface area contributed by atoms with Gasteiger partial charge >= 0.3 is 11.7 Å². The van der Waals surface area contributed by atoms with Crippen LogP contribution in [0, 0.1) is 0 Å². The van der Waals surface area contributed by atoms with Gasteiger partial charge in [-0.2, -0.15) is 4.79 Å². The van der Waals surface area contributed by atoms with Crippen molar-refractivity contribution in [3.8, 4) is 0 Å². The van der Waals surface area contributed by atoms with E-state index in [1.807, 2.05) is 0 Å². The number of benzene rings is 1. The van der Waals surface area contributed by atoms with Crippen molar-refractivity contribution in [3.05, 3.63) is 53.6 Å². The van der Waals surface area contributed by atoms with E-state index in [9.17, 15) is 9.59 Å². The average Bonchev–Trinajstić information content (AvgIpc) is 2.86. The fourth-order valence-corrected chi connectivity index (χ4v) is 2.20. The van der Waals surface area contributed by atoms with E-state index in [0.717, 1.165) is 7.11 Å². The molecule has 0 saturated heterocycles. The lowest BCUT2D eigenvalue weighted by Crippen LogP contribution is -2.38. The Balaban J connectivity index is 2.39. The van der Waals surface area contributed by atoms with Crippen LogP contribution < -0.4 is 0 Å². The number of nitrogens with zero attached hydrogens (tertiary/aromatic N) is 2. The number of carbonyl (C=O) groups is 2. The number of esters is 1. The molecule has 7 heteroatoms. The summed E-state index contributed by atoms with van der Waals surface area (Å²) in [6.45, 7) is 0.538. The minimum atomic E-state index is -1.02. The number of methoxy groups -OCH3 is 1. The number of ether oxygens (including phenoxy) is 3. The van der Waals surface area contributed by atoms with Crippen LogP contribution in [0.5, 0.6) is 0 Å². The van der Waals surface area contributed by atoms with Gasteiger partial charge < -0.3 is 19.7 Å². The van der Waals surface area contributed by atoms with Gasteiger partial charge in [-0.15, -0.1) is 0 Å². The summed E-state index contributed by atoms with van der Waals surface area (Å²) < 4.78 is 15.5. The highest BCUT2D eigenvalue weighted by Gasteiger charge is 2.42. The van der Waals surface area contributed by atoms with Gasteiger partial charge in [0.1, 0.15) is 5.92 Å². The van der Waals surface area contributed by atoms with Crippen molar-refractivity contribution in [2.45, 2.75) is 12.2 Å². The topological polar surface area (TPSA) is 98.2 Å². The lowest BCUT2D eigenvalue weighted by Gasteiger charge is -2.23. The standard InChI is InChI=1S/C16H16N2O5/c1-21-15(20)13(18-17)14(19)12(11-7-3-2-4-8-11)16-22-9-5-6-10-23-16/h2-8,12,16H,9-10H2,1H3. The van der Waals surface area contributed by atoms with Crippen LogP contribution in [0.25, 0.3) is 5.53 Å². The van der Waals surface area contributed by atoms with E-state index in [0.29, 0.717) is 5.56 Å². The number of hydrogen-bond donors (Lipinski definition) is 0. The van der Waals surface area contributed by atoms with Crippen LogP contribution in [-0.4, -0.2) is 48.9 Å². The Morgan fingerprint density at radius 1 is 1.22 bits per heavy atom. The van der Waals surface area contributed by atoms with Crippen LogP contribution >= 0.6 is 0 Å². The van der Waals surface area contributed by atoms with E-state index in [-0.39, 0.29) is 13.2 Å². The molecule has 0 N–H and O–H groups in total. The van der Waals surface area contributed by atoms with Gasteiger partial charge in [-0.25, -0.2) is 4.79 Å². The van der Waals surface area contributed by atoms with Crippen molar-refractivity contribution in [1.82, 2.24) is 0 Å². The van der Waals surface area contributed by atoms with Crippen molar-refractivity contribution in [1.29, 1.82) is 0 Å². The third kappa shape index (κ3) is 3.98. The first-order chi connectivity index (χ1) is 11.2. The fraction of sp³-hybridized carbons (Fsp3) is 0.312. The molecule has 0 aliphatic carbocycles. The van der Waals surface area contributed by atoms with Gasteiger partial charge in [0.25, 0.3) is 5.78 Å². The molecule has 0 fully saturated rings. The monoisotopic (exact) mass is 316 g/mol. The first-order valence-electron chi connectivity index (χ1n) is 6.96. The van der Waals surface area contributed by atoms with Crippen molar-refractivity contribution in [2.75, 3.05) is 20.3 Å². The van der Waals surface area contributed by atoms with Crippen molar-refractivity contribution < 1.29 is 28.6 Å². The highest BCUT2D eigenvalue weighted by Crippen LogP contribution is 2.25. The van der Waals surface area contributed by atoms with Gasteiger partial charge in [-0.3, -0.25) is 4.79 Å². The quantitative estimate of drug-likeness (QED) is 0.202. The third-order valence-corrected chi connectivity index (χ3v) is 3.31. The number of hydrogen-bond acceptors (Lipinski definition) is 5. The number of Topliss-reactive ketones (excluding diaryl/α,β-unsaturated/α-hetero) is 1. The minimum Gasteiger partial charge on any atom is -0.460 e. The second-order valence-electron chi connectivity index (χ2n) is 4.70. The molecule has 1 aromatic carbocycles. The lowest BCUT2D eigenvalue weighted by atomic mass is 9.91. The Labute approximate surface area is 133 Å². The van der Waals surface area contributed by atoms with E-state index >= 15 is 0 Å². The third-order valence-electron chi connectivity index (χ3n) is 3.31.